The number of rotatable bonds is 16. The summed E-state index contributed by atoms with van der Waals surface area (Å²) in [4.78, 5) is 23.7. The number of nitrogens with zero attached hydrogens (tertiary/aromatic N) is 1. The number of hydrogen-bond donors (Lipinski definition) is 2. The zero-order valence-corrected chi connectivity index (χ0v) is 23.9. The molecule has 0 bridgehead atoms. The van der Waals surface area contributed by atoms with Crippen molar-refractivity contribution in [1.82, 2.24) is 14.3 Å². The van der Waals surface area contributed by atoms with E-state index < -0.39 is 32.2 Å². The Hall–Kier alpha value is -1.26. The fraction of sp³-hybridized carbons (Fsp3) is 0.727. The first-order chi connectivity index (χ1) is 16.8. The van der Waals surface area contributed by atoms with Crippen LogP contribution in [0.5, 0.6) is 0 Å². The zero-order chi connectivity index (χ0) is 27.1. The smallest absolute Gasteiger partial charge is 0.252 e. The van der Waals surface area contributed by atoms with Crippen LogP contribution in [0.4, 0.5) is 0 Å². The molecule has 0 aromatic carbocycles. The van der Waals surface area contributed by atoms with Crippen molar-refractivity contribution in [3.05, 3.63) is 11.6 Å². The number of carbonyl (C=O) groups excluding carboxylic acids is 2. The number of methoxy groups -OCH3 is 1. The highest BCUT2D eigenvalue weighted by Crippen LogP contribution is 2.40. The van der Waals surface area contributed by atoms with Gasteiger partial charge in [-0.3, -0.25) is 9.59 Å². The molecule has 2 heterocycles. The van der Waals surface area contributed by atoms with Gasteiger partial charge in [-0.1, -0.05) is 6.92 Å². The summed E-state index contributed by atoms with van der Waals surface area (Å²) >= 11 is 0.688. The van der Waals surface area contributed by atoms with Crippen LogP contribution in [-0.4, -0.2) is 84.8 Å². The maximum atomic E-state index is 13.2. The van der Waals surface area contributed by atoms with Gasteiger partial charge in [0, 0.05) is 51.4 Å². The molecule has 0 radical (unpaired) electrons. The molecule has 2 unspecified atom stereocenters. The summed E-state index contributed by atoms with van der Waals surface area (Å²) in [5.74, 6) is -0.445. The van der Waals surface area contributed by atoms with Crippen LogP contribution in [0.25, 0.3) is 0 Å². The summed E-state index contributed by atoms with van der Waals surface area (Å²) in [6.45, 7) is 8.02. The van der Waals surface area contributed by atoms with Crippen LogP contribution in [0.2, 0.25) is 0 Å². The van der Waals surface area contributed by atoms with Crippen LogP contribution >= 0.6 is 11.3 Å². The van der Waals surface area contributed by atoms with Crippen molar-refractivity contribution in [2.45, 2.75) is 73.6 Å². The minimum Gasteiger partial charge on any atom is -0.385 e. The molecule has 0 saturated carbocycles. The number of Topliss-reactive ketones (excluding diaryl/α,β-unsaturated/α-hetero) is 2. The van der Waals surface area contributed by atoms with Crippen molar-refractivity contribution in [1.29, 1.82) is 0 Å². The monoisotopic (exact) mass is 567 g/mol. The maximum Gasteiger partial charge on any atom is 0.252 e. The van der Waals surface area contributed by atoms with E-state index in [4.69, 9.17) is 9.47 Å². The summed E-state index contributed by atoms with van der Waals surface area (Å²) in [5.41, 5.74) is 0.418. The molecule has 0 saturated heterocycles. The minimum atomic E-state index is -4.14. The fourth-order valence-corrected chi connectivity index (χ4v) is 8.80. The molecule has 36 heavy (non-hydrogen) atoms. The van der Waals surface area contributed by atoms with Crippen LogP contribution in [0, 0.1) is 0 Å². The van der Waals surface area contributed by atoms with Gasteiger partial charge in [-0.2, -0.15) is 4.31 Å². The quantitative estimate of drug-likeness (QED) is 0.283. The average Bonchev–Trinajstić information content (AvgIpc) is 3.27. The Labute approximate surface area is 218 Å². The van der Waals surface area contributed by atoms with Crippen molar-refractivity contribution >= 4 is 42.9 Å². The van der Waals surface area contributed by atoms with Gasteiger partial charge in [0.2, 0.25) is 0 Å². The second kappa shape index (κ2) is 13.5. The molecule has 1 aliphatic heterocycles. The van der Waals surface area contributed by atoms with Gasteiger partial charge in [0.1, 0.15) is 14.5 Å². The lowest BCUT2D eigenvalue weighted by atomic mass is 10.1. The van der Waals surface area contributed by atoms with E-state index in [-0.39, 0.29) is 52.1 Å². The molecule has 1 aliphatic rings. The summed E-state index contributed by atoms with van der Waals surface area (Å²) in [6.07, 6.45) is 0.374. The molecule has 0 amide bonds. The Morgan fingerprint density at radius 1 is 1.25 bits per heavy atom. The third kappa shape index (κ3) is 7.87. The number of likely N-dealkylation sites (N-methyl/N-ethyl adjacent to an activating group) is 1. The van der Waals surface area contributed by atoms with Gasteiger partial charge in [-0.25, -0.2) is 21.6 Å². The van der Waals surface area contributed by atoms with E-state index in [0.717, 1.165) is 0 Å². The largest absolute Gasteiger partial charge is 0.385 e. The van der Waals surface area contributed by atoms with Gasteiger partial charge < -0.3 is 14.8 Å². The standard InChI is InChI=1S/C22H37N3O8S3/c1-6-23-19-14-25(10-8-11-32-5)36(30,31)22-18(19)13-21(34-22)35(28,29)24-15(2)20(27)9-7-12-33-17(4)16(3)26/h13,15,17,19,23-24H,6-12,14H2,1-5H3/t15?,17?,19-/m0/s1. The van der Waals surface area contributed by atoms with Crippen LogP contribution in [0.3, 0.4) is 0 Å². The maximum absolute atomic E-state index is 13.2. The van der Waals surface area contributed by atoms with Gasteiger partial charge in [0.15, 0.2) is 11.6 Å². The van der Waals surface area contributed by atoms with Gasteiger partial charge in [0.05, 0.1) is 6.04 Å². The summed E-state index contributed by atoms with van der Waals surface area (Å²) in [5, 5.41) is 3.23. The van der Waals surface area contributed by atoms with E-state index in [1.807, 2.05) is 6.92 Å². The van der Waals surface area contributed by atoms with Gasteiger partial charge in [-0.15, -0.1) is 11.3 Å². The van der Waals surface area contributed by atoms with Crippen molar-refractivity contribution in [2.75, 3.05) is 40.0 Å². The third-order valence-corrected chi connectivity index (χ3v) is 11.4. The highest BCUT2D eigenvalue weighted by molar-refractivity contribution is 7.94. The molecule has 11 nitrogen and oxygen atoms in total. The lowest BCUT2D eigenvalue weighted by Crippen LogP contribution is -2.43. The van der Waals surface area contributed by atoms with Crippen LogP contribution in [-0.2, 0) is 39.1 Å². The first-order valence-electron chi connectivity index (χ1n) is 11.9. The Morgan fingerprint density at radius 3 is 2.56 bits per heavy atom. The lowest BCUT2D eigenvalue weighted by Gasteiger charge is -2.32. The van der Waals surface area contributed by atoms with E-state index >= 15 is 0 Å². The van der Waals surface area contributed by atoms with Crippen molar-refractivity contribution in [3.8, 4) is 0 Å². The van der Waals surface area contributed by atoms with Gasteiger partial charge in [-0.05, 0) is 46.2 Å². The van der Waals surface area contributed by atoms with E-state index in [1.54, 1.807) is 14.0 Å². The van der Waals surface area contributed by atoms with Crippen LogP contribution in [0.1, 0.15) is 58.6 Å². The van der Waals surface area contributed by atoms with Crippen LogP contribution in [0.15, 0.2) is 14.5 Å². The summed E-state index contributed by atoms with van der Waals surface area (Å²) in [7, 11) is -6.46. The number of ketones is 2. The summed E-state index contributed by atoms with van der Waals surface area (Å²) in [6, 6.07) is 0.0206. The van der Waals surface area contributed by atoms with Crippen molar-refractivity contribution in [3.63, 3.8) is 0 Å². The molecule has 3 atom stereocenters. The number of carbonyl (C=O) groups is 2. The second-order valence-electron chi connectivity index (χ2n) is 8.66. The second-order valence-corrected chi connectivity index (χ2v) is 13.8. The van der Waals surface area contributed by atoms with E-state index in [1.165, 1.54) is 24.2 Å². The minimum absolute atomic E-state index is 0.00629. The number of sulfonamides is 2. The van der Waals surface area contributed by atoms with Gasteiger partial charge in [0.25, 0.3) is 20.0 Å². The van der Waals surface area contributed by atoms with Gasteiger partial charge >= 0.3 is 0 Å². The molecule has 2 rings (SSSR count). The number of fused-ring (bicyclic) bond motifs is 1. The first-order valence-corrected chi connectivity index (χ1v) is 15.6. The number of ether oxygens (including phenoxy) is 2. The molecular weight excluding hydrogens is 530 g/mol. The Bertz CT molecular complexity index is 1120. The van der Waals surface area contributed by atoms with Crippen molar-refractivity contribution in [2.24, 2.45) is 0 Å². The molecule has 0 fully saturated rings. The fourth-order valence-electron chi connectivity index (χ4n) is 3.67. The third-order valence-electron chi connectivity index (χ3n) is 5.83. The Balaban J connectivity index is 2.15. The molecular formula is C22H37N3O8S3. The first kappa shape index (κ1) is 31.0. The SMILES string of the molecule is CCN[C@H]1CN(CCCOC)S(=O)(=O)c2sc(S(=O)(=O)NC(C)C(=O)CCCOC(C)C(C)=O)cc21. The number of nitrogens with one attached hydrogen (secondary N) is 2. The molecule has 206 valence electrons. The zero-order valence-electron chi connectivity index (χ0n) is 21.4. The predicted molar refractivity (Wildman–Crippen MR) is 136 cm³/mol. The van der Waals surface area contributed by atoms with Crippen LogP contribution < -0.4 is 10.0 Å². The molecule has 1 aromatic heterocycles. The van der Waals surface area contributed by atoms with Crippen molar-refractivity contribution < 1.29 is 35.9 Å². The highest BCUT2D eigenvalue weighted by atomic mass is 32.3. The highest BCUT2D eigenvalue weighted by Gasteiger charge is 2.40. The van der Waals surface area contributed by atoms with E-state index in [0.29, 0.717) is 42.9 Å². The molecule has 2 N–H and O–H groups in total. The topological polar surface area (TPSA) is 148 Å². The molecule has 14 heteroatoms. The Morgan fingerprint density at radius 2 is 1.94 bits per heavy atom. The molecule has 1 aromatic rings. The number of thiophene rings is 1. The average molecular weight is 568 g/mol. The number of hydrogen-bond acceptors (Lipinski definition) is 10. The molecule has 0 spiro atoms. The lowest BCUT2D eigenvalue weighted by molar-refractivity contribution is -0.127. The van der Waals surface area contributed by atoms with E-state index in [2.05, 4.69) is 10.0 Å². The Kier molecular flexibility index (Phi) is 11.6. The van der Waals surface area contributed by atoms with E-state index in [9.17, 15) is 26.4 Å². The summed E-state index contributed by atoms with van der Waals surface area (Å²) < 4.78 is 66.5. The molecule has 0 aliphatic carbocycles. The normalized spacial score (nSPS) is 19.5. The predicted octanol–water partition coefficient (Wildman–Crippen LogP) is 1.45.